The number of rotatable bonds is 5. The summed E-state index contributed by atoms with van der Waals surface area (Å²) >= 11 is 0. The first-order chi connectivity index (χ1) is 7.54. The molecule has 0 aliphatic carbocycles. The van der Waals surface area contributed by atoms with E-state index in [1.54, 1.807) is 0 Å². The molecule has 4 N–H and O–H groups in total. The molecule has 1 atom stereocenters. The quantitative estimate of drug-likeness (QED) is 0.552. The standard InChI is InChI=1S/C9H13N3O4/c1-2-3-5(8(14)15)11-7(13)6-4-10-9(16)12-6/h4-5H,2-3H2,1H3,(H,11,13)(H,14,15)(H2,10,12,16). The molecule has 0 fully saturated rings. The fourth-order valence-electron chi connectivity index (χ4n) is 1.24. The lowest BCUT2D eigenvalue weighted by Gasteiger charge is -2.12. The number of hydrogen-bond acceptors (Lipinski definition) is 3. The Hall–Kier alpha value is -2.05. The van der Waals surface area contributed by atoms with Crippen LogP contribution in [0.3, 0.4) is 0 Å². The van der Waals surface area contributed by atoms with Crippen molar-refractivity contribution < 1.29 is 14.7 Å². The smallest absolute Gasteiger partial charge is 0.326 e. The van der Waals surface area contributed by atoms with Gasteiger partial charge in [0.05, 0.1) is 0 Å². The first-order valence-electron chi connectivity index (χ1n) is 4.86. The molecule has 0 bridgehead atoms. The number of nitrogens with one attached hydrogen (secondary N) is 3. The predicted molar refractivity (Wildman–Crippen MR) is 55.2 cm³/mol. The second kappa shape index (κ2) is 5.15. The first-order valence-corrected chi connectivity index (χ1v) is 4.86. The molecule has 0 spiro atoms. The molecule has 1 unspecified atom stereocenters. The van der Waals surface area contributed by atoms with Crippen molar-refractivity contribution in [1.29, 1.82) is 0 Å². The van der Waals surface area contributed by atoms with Gasteiger partial charge in [0, 0.05) is 6.20 Å². The molecule has 1 aromatic rings. The number of imidazole rings is 1. The minimum absolute atomic E-state index is 0.0207. The van der Waals surface area contributed by atoms with Crippen LogP contribution in [0, 0.1) is 0 Å². The van der Waals surface area contributed by atoms with Gasteiger partial charge >= 0.3 is 11.7 Å². The SMILES string of the molecule is CCCC(NC(=O)c1c[nH]c(=O)[nH]1)C(=O)O. The number of aromatic amines is 2. The summed E-state index contributed by atoms with van der Waals surface area (Å²) in [6.45, 7) is 1.82. The number of aliphatic carboxylic acids is 1. The Bertz CT molecular complexity index is 434. The lowest BCUT2D eigenvalue weighted by Crippen LogP contribution is -2.40. The van der Waals surface area contributed by atoms with Crippen LogP contribution >= 0.6 is 0 Å². The minimum atomic E-state index is -1.09. The van der Waals surface area contributed by atoms with Crippen LogP contribution in [0.5, 0.6) is 0 Å². The zero-order valence-corrected chi connectivity index (χ0v) is 8.74. The second-order valence-corrected chi connectivity index (χ2v) is 3.31. The molecule has 88 valence electrons. The molecule has 1 rings (SSSR count). The summed E-state index contributed by atoms with van der Waals surface area (Å²) in [5.74, 6) is -1.70. The number of carboxylic acids is 1. The molecule has 0 saturated carbocycles. The van der Waals surface area contributed by atoms with E-state index in [0.29, 0.717) is 12.8 Å². The summed E-state index contributed by atoms with van der Waals surface area (Å²) < 4.78 is 0. The Morgan fingerprint density at radius 1 is 1.56 bits per heavy atom. The van der Waals surface area contributed by atoms with Gasteiger partial charge in [0.2, 0.25) is 0 Å². The number of carboxylic acid groups (broad SMARTS) is 1. The Kier molecular flexibility index (Phi) is 3.87. The average Bonchev–Trinajstić information content (AvgIpc) is 2.64. The monoisotopic (exact) mass is 227 g/mol. The van der Waals surface area contributed by atoms with E-state index in [0.717, 1.165) is 0 Å². The number of carbonyl (C=O) groups excluding carboxylic acids is 1. The molecular weight excluding hydrogens is 214 g/mol. The van der Waals surface area contributed by atoms with Gasteiger partial charge in [-0.3, -0.25) is 4.79 Å². The fraction of sp³-hybridized carbons (Fsp3) is 0.444. The lowest BCUT2D eigenvalue weighted by atomic mass is 10.1. The van der Waals surface area contributed by atoms with Crippen molar-refractivity contribution in [2.45, 2.75) is 25.8 Å². The summed E-state index contributed by atoms with van der Waals surface area (Å²) in [7, 11) is 0. The predicted octanol–water partition coefficient (Wildman–Crippen LogP) is -0.314. The molecular formula is C9H13N3O4. The van der Waals surface area contributed by atoms with E-state index in [1.807, 2.05) is 6.92 Å². The molecule has 7 nitrogen and oxygen atoms in total. The third kappa shape index (κ3) is 2.97. The van der Waals surface area contributed by atoms with E-state index in [4.69, 9.17) is 5.11 Å². The van der Waals surface area contributed by atoms with E-state index in [-0.39, 0.29) is 5.69 Å². The third-order valence-electron chi connectivity index (χ3n) is 2.02. The summed E-state index contributed by atoms with van der Waals surface area (Å²) in [6, 6.07) is -0.934. The molecule has 0 radical (unpaired) electrons. The molecule has 1 aromatic heterocycles. The first kappa shape index (κ1) is 12.0. The van der Waals surface area contributed by atoms with Crippen LogP contribution in [0.1, 0.15) is 30.3 Å². The Labute approximate surface area is 90.9 Å². The van der Waals surface area contributed by atoms with Gasteiger partial charge in [0.25, 0.3) is 5.91 Å². The zero-order valence-electron chi connectivity index (χ0n) is 8.74. The number of hydrogen-bond donors (Lipinski definition) is 4. The van der Waals surface area contributed by atoms with Crippen molar-refractivity contribution in [2.75, 3.05) is 0 Å². The number of aromatic nitrogens is 2. The van der Waals surface area contributed by atoms with E-state index in [9.17, 15) is 14.4 Å². The van der Waals surface area contributed by atoms with Gasteiger partial charge in [-0.15, -0.1) is 0 Å². The molecule has 1 heterocycles. The molecule has 1 amide bonds. The van der Waals surface area contributed by atoms with Gasteiger partial charge in [-0.05, 0) is 6.42 Å². The van der Waals surface area contributed by atoms with Crippen molar-refractivity contribution in [3.63, 3.8) is 0 Å². The van der Waals surface area contributed by atoms with Crippen molar-refractivity contribution in [1.82, 2.24) is 15.3 Å². The van der Waals surface area contributed by atoms with E-state index < -0.39 is 23.6 Å². The molecule has 0 saturated heterocycles. The highest BCUT2D eigenvalue weighted by Gasteiger charge is 2.20. The largest absolute Gasteiger partial charge is 0.480 e. The van der Waals surface area contributed by atoms with Crippen LogP contribution in [-0.4, -0.2) is 33.0 Å². The molecule has 7 heteroatoms. The van der Waals surface area contributed by atoms with Crippen LogP contribution in [-0.2, 0) is 4.79 Å². The summed E-state index contributed by atoms with van der Waals surface area (Å²) in [6.07, 6.45) is 2.18. The maximum Gasteiger partial charge on any atom is 0.326 e. The fourth-order valence-corrected chi connectivity index (χ4v) is 1.24. The van der Waals surface area contributed by atoms with Crippen molar-refractivity contribution >= 4 is 11.9 Å². The van der Waals surface area contributed by atoms with Crippen LogP contribution < -0.4 is 11.0 Å². The van der Waals surface area contributed by atoms with Gasteiger partial charge in [-0.2, -0.15) is 0 Å². The Morgan fingerprint density at radius 2 is 2.25 bits per heavy atom. The van der Waals surface area contributed by atoms with Crippen molar-refractivity contribution in [3.05, 3.63) is 22.4 Å². The molecule has 16 heavy (non-hydrogen) atoms. The summed E-state index contributed by atoms with van der Waals surface area (Å²) in [5, 5.41) is 11.1. The molecule has 0 aliphatic rings. The highest BCUT2D eigenvalue weighted by molar-refractivity contribution is 5.94. The van der Waals surface area contributed by atoms with Crippen LogP contribution in [0.2, 0.25) is 0 Å². The van der Waals surface area contributed by atoms with Gasteiger partial charge in [-0.1, -0.05) is 13.3 Å². The summed E-state index contributed by atoms with van der Waals surface area (Å²) in [5.41, 5.74) is -0.486. The van der Waals surface area contributed by atoms with Crippen LogP contribution in [0.4, 0.5) is 0 Å². The van der Waals surface area contributed by atoms with Crippen LogP contribution in [0.25, 0.3) is 0 Å². The van der Waals surface area contributed by atoms with Gasteiger partial charge in [-0.25, -0.2) is 9.59 Å². The molecule has 0 aliphatic heterocycles. The Balaban J connectivity index is 2.68. The number of amides is 1. The topological polar surface area (TPSA) is 115 Å². The maximum absolute atomic E-state index is 11.5. The average molecular weight is 227 g/mol. The lowest BCUT2D eigenvalue weighted by molar-refractivity contribution is -0.139. The number of carbonyl (C=O) groups is 2. The van der Waals surface area contributed by atoms with Gasteiger partial charge < -0.3 is 20.4 Å². The van der Waals surface area contributed by atoms with Gasteiger partial charge in [0.15, 0.2) is 0 Å². The van der Waals surface area contributed by atoms with E-state index >= 15 is 0 Å². The van der Waals surface area contributed by atoms with Crippen LogP contribution in [0.15, 0.2) is 11.0 Å². The van der Waals surface area contributed by atoms with Crippen molar-refractivity contribution in [2.24, 2.45) is 0 Å². The van der Waals surface area contributed by atoms with E-state index in [1.165, 1.54) is 6.20 Å². The normalized spacial score (nSPS) is 12.1. The van der Waals surface area contributed by atoms with E-state index in [2.05, 4.69) is 15.3 Å². The maximum atomic E-state index is 11.5. The summed E-state index contributed by atoms with van der Waals surface area (Å²) in [4.78, 5) is 37.5. The third-order valence-corrected chi connectivity index (χ3v) is 2.02. The van der Waals surface area contributed by atoms with Crippen molar-refractivity contribution in [3.8, 4) is 0 Å². The highest BCUT2D eigenvalue weighted by Crippen LogP contribution is 1.98. The molecule has 0 aromatic carbocycles. The minimum Gasteiger partial charge on any atom is -0.480 e. The van der Waals surface area contributed by atoms with Gasteiger partial charge in [0.1, 0.15) is 11.7 Å². The Morgan fingerprint density at radius 3 is 2.69 bits per heavy atom. The second-order valence-electron chi connectivity index (χ2n) is 3.31. The zero-order chi connectivity index (χ0) is 12.1. The highest BCUT2D eigenvalue weighted by atomic mass is 16.4. The number of H-pyrrole nitrogens is 2.